The molecule has 1 aromatic heterocycles. The fourth-order valence-electron chi connectivity index (χ4n) is 1.92. The van der Waals surface area contributed by atoms with Gasteiger partial charge in [-0.05, 0) is 12.5 Å². The van der Waals surface area contributed by atoms with E-state index in [-0.39, 0.29) is 5.78 Å². The summed E-state index contributed by atoms with van der Waals surface area (Å²) in [6.45, 7) is 0. The van der Waals surface area contributed by atoms with Crippen molar-refractivity contribution in [2.24, 2.45) is 0 Å². The van der Waals surface area contributed by atoms with Crippen LogP contribution in [0, 0.1) is 0 Å². The zero-order chi connectivity index (χ0) is 8.84. The maximum Gasteiger partial charge on any atom is 0.164 e. The van der Waals surface area contributed by atoms with Gasteiger partial charge in [0.15, 0.2) is 5.78 Å². The van der Waals surface area contributed by atoms with Crippen molar-refractivity contribution in [3.8, 4) is 0 Å². The first kappa shape index (κ1) is 6.83. The van der Waals surface area contributed by atoms with Crippen molar-refractivity contribution in [3.63, 3.8) is 0 Å². The summed E-state index contributed by atoms with van der Waals surface area (Å²) >= 11 is 0. The van der Waals surface area contributed by atoms with Gasteiger partial charge in [0.05, 0.1) is 5.52 Å². The molecule has 2 aromatic rings. The summed E-state index contributed by atoms with van der Waals surface area (Å²) in [6.07, 6.45) is 1.40. The highest BCUT2D eigenvalue weighted by atomic mass is 16.1. The highest BCUT2D eigenvalue weighted by Crippen LogP contribution is 2.27. The Morgan fingerprint density at radius 1 is 1.31 bits per heavy atom. The van der Waals surface area contributed by atoms with Gasteiger partial charge in [0.25, 0.3) is 0 Å². The molecule has 0 saturated carbocycles. The van der Waals surface area contributed by atoms with Gasteiger partial charge in [-0.15, -0.1) is 0 Å². The standard InChI is InChI=1S/C10H8N2O/c13-9-5-4-8-10-6(9)2-1-3-7(10)11-12-8/h1-3H,4-5H2,(H,11,12). The third-order valence-electron chi connectivity index (χ3n) is 2.56. The number of benzene rings is 1. The highest BCUT2D eigenvalue weighted by molar-refractivity contribution is 6.10. The van der Waals surface area contributed by atoms with Gasteiger partial charge in [0.1, 0.15) is 0 Å². The van der Waals surface area contributed by atoms with E-state index in [1.54, 1.807) is 0 Å². The lowest BCUT2D eigenvalue weighted by Crippen LogP contribution is -2.07. The van der Waals surface area contributed by atoms with E-state index in [9.17, 15) is 4.79 Å². The minimum atomic E-state index is 0.236. The molecule has 0 atom stereocenters. The number of carbonyl (C=O) groups excluding carboxylic acids is 1. The lowest BCUT2D eigenvalue weighted by Gasteiger charge is -2.08. The summed E-state index contributed by atoms with van der Waals surface area (Å²) in [6, 6.07) is 5.69. The number of aromatic amines is 1. The summed E-state index contributed by atoms with van der Waals surface area (Å²) in [4.78, 5) is 11.5. The molecule has 1 aromatic carbocycles. The van der Waals surface area contributed by atoms with E-state index >= 15 is 0 Å². The molecule has 0 saturated heterocycles. The zero-order valence-corrected chi connectivity index (χ0v) is 7.00. The number of rotatable bonds is 0. The molecule has 0 spiro atoms. The molecule has 0 radical (unpaired) electrons. The normalized spacial score (nSPS) is 15.2. The second-order valence-corrected chi connectivity index (χ2v) is 3.33. The number of H-pyrrole nitrogens is 1. The Hall–Kier alpha value is -1.64. The molecule has 3 rings (SSSR count). The zero-order valence-electron chi connectivity index (χ0n) is 7.00. The average Bonchev–Trinajstić information content (AvgIpc) is 2.57. The van der Waals surface area contributed by atoms with Crippen LogP contribution in [0.5, 0.6) is 0 Å². The molecule has 13 heavy (non-hydrogen) atoms. The highest BCUT2D eigenvalue weighted by Gasteiger charge is 2.20. The number of hydrogen-bond acceptors (Lipinski definition) is 2. The lowest BCUT2D eigenvalue weighted by molar-refractivity contribution is 0.0981. The molecule has 1 aliphatic carbocycles. The van der Waals surface area contributed by atoms with Crippen molar-refractivity contribution in [1.82, 2.24) is 10.2 Å². The van der Waals surface area contributed by atoms with Crippen LogP contribution in [0.3, 0.4) is 0 Å². The van der Waals surface area contributed by atoms with E-state index in [4.69, 9.17) is 0 Å². The van der Waals surface area contributed by atoms with E-state index in [1.807, 2.05) is 18.2 Å². The molecule has 0 aliphatic heterocycles. The molecule has 0 amide bonds. The van der Waals surface area contributed by atoms with Gasteiger partial charge < -0.3 is 0 Å². The van der Waals surface area contributed by atoms with Crippen molar-refractivity contribution in [1.29, 1.82) is 0 Å². The van der Waals surface area contributed by atoms with Crippen molar-refractivity contribution in [2.75, 3.05) is 0 Å². The van der Waals surface area contributed by atoms with E-state index in [0.29, 0.717) is 6.42 Å². The first-order chi connectivity index (χ1) is 6.36. The first-order valence-electron chi connectivity index (χ1n) is 4.35. The summed E-state index contributed by atoms with van der Waals surface area (Å²) in [5.41, 5.74) is 2.83. The number of Topliss-reactive ketones (excluding diaryl/α,β-unsaturated/α-hetero) is 1. The van der Waals surface area contributed by atoms with Gasteiger partial charge in [0, 0.05) is 23.1 Å². The molecule has 0 fully saturated rings. The first-order valence-corrected chi connectivity index (χ1v) is 4.35. The molecule has 1 heterocycles. The average molecular weight is 172 g/mol. The van der Waals surface area contributed by atoms with Gasteiger partial charge in [-0.1, -0.05) is 12.1 Å². The van der Waals surface area contributed by atoms with Crippen LogP contribution in [0.4, 0.5) is 0 Å². The van der Waals surface area contributed by atoms with Gasteiger partial charge in [-0.2, -0.15) is 5.10 Å². The number of hydrogen-bond donors (Lipinski definition) is 1. The predicted molar refractivity (Wildman–Crippen MR) is 48.7 cm³/mol. The Labute approximate surface area is 74.8 Å². The molecule has 1 aliphatic rings. The number of ketones is 1. The van der Waals surface area contributed by atoms with Crippen LogP contribution in [0.1, 0.15) is 22.5 Å². The van der Waals surface area contributed by atoms with Crippen LogP contribution in [0.25, 0.3) is 10.9 Å². The Kier molecular flexibility index (Phi) is 1.15. The van der Waals surface area contributed by atoms with Crippen molar-refractivity contribution in [2.45, 2.75) is 12.8 Å². The number of nitrogens with one attached hydrogen (secondary N) is 1. The number of carbonyl (C=O) groups is 1. The minimum Gasteiger partial charge on any atom is -0.294 e. The lowest BCUT2D eigenvalue weighted by atomic mass is 9.94. The molecule has 64 valence electrons. The maximum absolute atomic E-state index is 11.5. The smallest absolute Gasteiger partial charge is 0.164 e. The Bertz CT molecular complexity index is 499. The second kappa shape index (κ2) is 2.19. The number of nitrogens with zero attached hydrogens (tertiary/aromatic N) is 1. The quantitative estimate of drug-likeness (QED) is 0.657. The summed E-state index contributed by atoms with van der Waals surface area (Å²) in [5, 5.41) is 8.15. The maximum atomic E-state index is 11.5. The van der Waals surface area contributed by atoms with Crippen molar-refractivity contribution < 1.29 is 4.79 Å². The summed E-state index contributed by atoms with van der Waals surface area (Å²) in [7, 11) is 0. The fourth-order valence-corrected chi connectivity index (χ4v) is 1.92. The van der Waals surface area contributed by atoms with Gasteiger partial charge in [0.2, 0.25) is 0 Å². The van der Waals surface area contributed by atoms with Crippen LogP contribution in [-0.4, -0.2) is 16.0 Å². The SMILES string of the molecule is O=C1CCc2[nH]nc3cccc1c23. The predicted octanol–water partition coefficient (Wildman–Crippen LogP) is 1.69. The largest absolute Gasteiger partial charge is 0.294 e. The molecule has 0 unspecified atom stereocenters. The van der Waals surface area contributed by atoms with Crippen LogP contribution in [-0.2, 0) is 6.42 Å². The van der Waals surface area contributed by atoms with Gasteiger partial charge >= 0.3 is 0 Å². The Morgan fingerprint density at radius 2 is 2.23 bits per heavy atom. The molecular weight excluding hydrogens is 164 g/mol. The number of aromatic nitrogens is 2. The minimum absolute atomic E-state index is 0.236. The van der Waals surface area contributed by atoms with Crippen molar-refractivity contribution >= 4 is 16.7 Å². The topological polar surface area (TPSA) is 45.8 Å². The van der Waals surface area contributed by atoms with E-state index < -0.39 is 0 Å². The van der Waals surface area contributed by atoms with Crippen LogP contribution in [0.2, 0.25) is 0 Å². The van der Waals surface area contributed by atoms with Gasteiger partial charge in [-0.3, -0.25) is 9.89 Å². The summed E-state index contributed by atoms with van der Waals surface area (Å²) in [5.74, 6) is 0.236. The molecule has 0 bridgehead atoms. The molecule has 3 nitrogen and oxygen atoms in total. The van der Waals surface area contributed by atoms with E-state index in [2.05, 4.69) is 10.2 Å². The molecule has 1 N–H and O–H groups in total. The van der Waals surface area contributed by atoms with E-state index in [1.165, 1.54) is 0 Å². The number of aryl methyl sites for hydroxylation is 1. The second-order valence-electron chi connectivity index (χ2n) is 3.33. The van der Waals surface area contributed by atoms with Gasteiger partial charge in [-0.25, -0.2) is 0 Å². The third kappa shape index (κ3) is 0.786. The Morgan fingerprint density at radius 3 is 3.15 bits per heavy atom. The van der Waals surface area contributed by atoms with Crippen LogP contribution >= 0.6 is 0 Å². The molecular formula is C10H8N2O. The van der Waals surface area contributed by atoms with E-state index in [0.717, 1.165) is 28.6 Å². The monoisotopic (exact) mass is 172 g/mol. The fraction of sp³-hybridized carbons (Fsp3) is 0.200. The molecule has 3 heteroatoms. The summed E-state index contributed by atoms with van der Waals surface area (Å²) < 4.78 is 0. The Balaban J connectivity index is 2.52. The van der Waals surface area contributed by atoms with Crippen LogP contribution in [0.15, 0.2) is 18.2 Å². The van der Waals surface area contributed by atoms with Crippen molar-refractivity contribution in [3.05, 3.63) is 29.5 Å². The van der Waals surface area contributed by atoms with Crippen LogP contribution < -0.4 is 0 Å². The third-order valence-corrected chi connectivity index (χ3v) is 2.56.